The Bertz CT molecular complexity index is 373. The number of benzene rings is 2. The van der Waals surface area contributed by atoms with Crippen LogP contribution >= 0.6 is 11.8 Å². The van der Waals surface area contributed by atoms with Crippen molar-refractivity contribution in [3.63, 3.8) is 0 Å². The molecule has 22 heavy (non-hydrogen) atoms. The van der Waals surface area contributed by atoms with E-state index in [1.165, 1.54) is 5.56 Å². The number of methoxy groups -OCH3 is 1. The Morgan fingerprint density at radius 3 is 1.18 bits per heavy atom. The van der Waals surface area contributed by atoms with Gasteiger partial charge in [0.1, 0.15) is 5.75 Å². The van der Waals surface area contributed by atoms with Gasteiger partial charge in [-0.05, 0) is 31.6 Å². The Kier molecular flexibility index (Phi) is 28.6. The van der Waals surface area contributed by atoms with Crippen LogP contribution in [0.25, 0.3) is 0 Å². The van der Waals surface area contributed by atoms with Crippen LogP contribution in [0.2, 0.25) is 0 Å². The molecule has 0 aromatic heterocycles. The van der Waals surface area contributed by atoms with E-state index in [4.69, 9.17) is 4.74 Å². The SMILES string of the molecule is CC.CC.COc1ccccc1.CSC.Cc1ccccc1. The summed E-state index contributed by atoms with van der Waals surface area (Å²) in [6.45, 7) is 10.1. The Morgan fingerprint density at radius 1 is 0.682 bits per heavy atom. The zero-order chi connectivity index (χ0) is 17.6. The summed E-state index contributed by atoms with van der Waals surface area (Å²) in [6, 6.07) is 19.9. The van der Waals surface area contributed by atoms with E-state index >= 15 is 0 Å². The molecule has 0 N–H and O–H groups in total. The smallest absolute Gasteiger partial charge is 0.118 e. The standard InChI is InChI=1S/C7H8O.C7H8.C2H6S.2C2H6/c1-8-7-5-3-2-4-6-7;1-7-5-3-2-4-6-7;1-3-2;2*1-2/h2-6H,1H3;2-6H,1H3;1-2H3;2*1-2H3. The van der Waals surface area contributed by atoms with E-state index < -0.39 is 0 Å². The maximum absolute atomic E-state index is 4.91. The molecule has 2 aromatic carbocycles. The highest BCUT2D eigenvalue weighted by Crippen LogP contribution is 2.05. The molecule has 0 unspecified atom stereocenters. The molecule has 0 radical (unpaired) electrons. The van der Waals surface area contributed by atoms with Crippen molar-refractivity contribution < 1.29 is 4.74 Å². The first-order valence-corrected chi connectivity index (χ1v) is 9.38. The third-order valence-corrected chi connectivity index (χ3v) is 1.92. The van der Waals surface area contributed by atoms with Crippen molar-refractivity contribution in [2.75, 3.05) is 19.6 Å². The fraction of sp³-hybridized carbons (Fsp3) is 0.400. The first kappa shape index (κ1) is 25.5. The molecule has 0 fully saturated rings. The second-order valence-electron chi connectivity index (χ2n) is 3.58. The lowest BCUT2D eigenvalue weighted by atomic mass is 10.2. The third kappa shape index (κ3) is 20.9. The summed E-state index contributed by atoms with van der Waals surface area (Å²) in [4.78, 5) is 0. The summed E-state index contributed by atoms with van der Waals surface area (Å²) in [5.41, 5.74) is 1.32. The van der Waals surface area contributed by atoms with Crippen LogP contribution in [0.4, 0.5) is 0 Å². The van der Waals surface area contributed by atoms with E-state index in [-0.39, 0.29) is 0 Å². The van der Waals surface area contributed by atoms with E-state index in [9.17, 15) is 0 Å². The maximum Gasteiger partial charge on any atom is 0.118 e. The van der Waals surface area contributed by atoms with E-state index in [0.717, 1.165) is 5.75 Å². The van der Waals surface area contributed by atoms with Crippen LogP contribution in [0.3, 0.4) is 0 Å². The molecule has 0 spiro atoms. The fourth-order valence-corrected chi connectivity index (χ4v) is 1.09. The lowest BCUT2D eigenvalue weighted by Crippen LogP contribution is -1.78. The molecule has 0 aliphatic heterocycles. The van der Waals surface area contributed by atoms with Crippen LogP contribution in [0, 0.1) is 6.92 Å². The zero-order valence-electron chi connectivity index (χ0n) is 15.6. The highest BCUT2D eigenvalue weighted by atomic mass is 32.2. The van der Waals surface area contributed by atoms with E-state index in [2.05, 4.69) is 19.1 Å². The van der Waals surface area contributed by atoms with Crippen LogP contribution in [-0.4, -0.2) is 19.6 Å². The van der Waals surface area contributed by atoms with Gasteiger partial charge >= 0.3 is 0 Å². The quantitative estimate of drug-likeness (QED) is 0.576. The molecule has 126 valence electrons. The Morgan fingerprint density at radius 2 is 1.00 bits per heavy atom. The summed E-state index contributed by atoms with van der Waals surface area (Å²) >= 11 is 1.75. The third-order valence-electron chi connectivity index (χ3n) is 1.92. The summed E-state index contributed by atoms with van der Waals surface area (Å²) < 4.78 is 4.91. The van der Waals surface area contributed by atoms with Crippen LogP contribution in [0.5, 0.6) is 5.75 Å². The average molecular weight is 323 g/mol. The van der Waals surface area contributed by atoms with Gasteiger partial charge in [0.25, 0.3) is 0 Å². The van der Waals surface area contributed by atoms with Gasteiger partial charge in [-0.25, -0.2) is 0 Å². The first-order chi connectivity index (χ1) is 10.7. The largest absolute Gasteiger partial charge is 0.497 e. The number of para-hydroxylation sites is 1. The van der Waals surface area contributed by atoms with Crippen LogP contribution in [-0.2, 0) is 0 Å². The normalized spacial score (nSPS) is 7.27. The van der Waals surface area contributed by atoms with E-state index in [1.54, 1.807) is 18.9 Å². The molecule has 0 aliphatic carbocycles. The van der Waals surface area contributed by atoms with Crippen molar-refractivity contribution in [2.24, 2.45) is 0 Å². The molecular formula is C20H34OS. The number of aryl methyl sites for hydroxylation is 1. The van der Waals surface area contributed by atoms with Crippen molar-refractivity contribution in [2.45, 2.75) is 34.6 Å². The number of rotatable bonds is 1. The Balaban J connectivity index is -0.000000236. The summed E-state index contributed by atoms with van der Waals surface area (Å²) in [6.07, 6.45) is 4.08. The molecule has 0 bridgehead atoms. The minimum absolute atomic E-state index is 0.910. The average Bonchev–Trinajstić information content (AvgIpc) is 2.61. The number of hydrogen-bond donors (Lipinski definition) is 0. The van der Waals surface area contributed by atoms with E-state index in [0.29, 0.717) is 0 Å². The van der Waals surface area contributed by atoms with Crippen molar-refractivity contribution in [3.8, 4) is 5.75 Å². The van der Waals surface area contributed by atoms with Gasteiger partial charge < -0.3 is 4.74 Å². The van der Waals surface area contributed by atoms with Crippen LogP contribution in [0.15, 0.2) is 60.7 Å². The second kappa shape index (κ2) is 24.6. The molecule has 0 saturated carbocycles. The first-order valence-electron chi connectivity index (χ1n) is 7.75. The molecule has 0 amide bonds. The summed E-state index contributed by atoms with van der Waals surface area (Å²) in [5, 5.41) is 0. The monoisotopic (exact) mass is 322 g/mol. The van der Waals surface area contributed by atoms with Crippen molar-refractivity contribution in [1.29, 1.82) is 0 Å². The van der Waals surface area contributed by atoms with Crippen LogP contribution in [0.1, 0.15) is 33.3 Å². The Labute approximate surface area is 143 Å². The maximum atomic E-state index is 4.91. The lowest BCUT2D eigenvalue weighted by Gasteiger charge is -1.93. The number of thioether (sulfide) groups is 1. The van der Waals surface area contributed by atoms with Gasteiger partial charge in [-0.1, -0.05) is 81.8 Å². The predicted molar refractivity (Wildman–Crippen MR) is 106 cm³/mol. The minimum Gasteiger partial charge on any atom is -0.497 e. The highest BCUT2D eigenvalue weighted by Gasteiger charge is 1.80. The number of hydrogen-bond acceptors (Lipinski definition) is 2. The zero-order valence-corrected chi connectivity index (χ0v) is 16.4. The van der Waals surface area contributed by atoms with Gasteiger partial charge in [-0.15, -0.1) is 0 Å². The number of ether oxygens (including phenoxy) is 1. The predicted octanol–water partition coefficient (Wildman–Crippen LogP) is 6.72. The van der Waals surface area contributed by atoms with E-state index in [1.807, 2.05) is 88.7 Å². The lowest BCUT2D eigenvalue weighted by molar-refractivity contribution is 0.415. The molecule has 0 aliphatic rings. The van der Waals surface area contributed by atoms with Gasteiger partial charge in [-0.2, -0.15) is 11.8 Å². The van der Waals surface area contributed by atoms with Gasteiger partial charge in [0.05, 0.1) is 7.11 Å². The molecule has 2 heteroatoms. The van der Waals surface area contributed by atoms with Gasteiger partial charge in [0.2, 0.25) is 0 Å². The van der Waals surface area contributed by atoms with Gasteiger partial charge in [0, 0.05) is 0 Å². The molecular weight excluding hydrogens is 288 g/mol. The molecule has 2 aromatic rings. The van der Waals surface area contributed by atoms with Gasteiger partial charge in [-0.3, -0.25) is 0 Å². The molecule has 0 atom stereocenters. The molecule has 2 rings (SSSR count). The van der Waals surface area contributed by atoms with Crippen LogP contribution < -0.4 is 4.74 Å². The molecule has 0 saturated heterocycles. The molecule has 0 heterocycles. The fourth-order valence-electron chi connectivity index (χ4n) is 1.09. The summed E-state index contributed by atoms with van der Waals surface area (Å²) in [7, 11) is 1.66. The van der Waals surface area contributed by atoms with Gasteiger partial charge in [0.15, 0.2) is 0 Å². The Hall–Kier alpha value is -1.41. The highest BCUT2D eigenvalue weighted by molar-refractivity contribution is 7.97. The molecule has 1 nitrogen and oxygen atoms in total. The minimum atomic E-state index is 0.910. The summed E-state index contributed by atoms with van der Waals surface area (Å²) in [5.74, 6) is 0.910. The van der Waals surface area contributed by atoms with Crippen molar-refractivity contribution in [1.82, 2.24) is 0 Å². The van der Waals surface area contributed by atoms with Crippen molar-refractivity contribution >= 4 is 11.8 Å². The topological polar surface area (TPSA) is 9.23 Å². The van der Waals surface area contributed by atoms with Crippen molar-refractivity contribution in [3.05, 3.63) is 66.2 Å². The second-order valence-corrected chi connectivity index (χ2v) is 4.40.